The van der Waals surface area contributed by atoms with Gasteiger partial charge in [-0.15, -0.1) is 0 Å². The third-order valence-corrected chi connectivity index (χ3v) is 3.88. The fraction of sp³-hybridized carbons (Fsp3) is 0.238. The number of hydrogen-bond acceptors (Lipinski definition) is 6. The molecule has 0 radical (unpaired) electrons. The van der Waals surface area contributed by atoms with Crippen molar-refractivity contribution in [1.82, 2.24) is 24.8 Å². The van der Waals surface area contributed by atoms with Crippen LogP contribution < -0.4 is 10.9 Å². The number of carbonyl (C=O) groups excluding carboxylic acids is 1. The Balaban J connectivity index is 0.000000769. The molecule has 4 N–H and O–H groups in total. The number of imidazole rings is 1. The van der Waals surface area contributed by atoms with Gasteiger partial charge in [0.25, 0.3) is 24.4 Å². The lowest BCUT2D eigenvalue weighted by Gasteiger charge is -2.11. The molecule has 1 aromatic carbocycles. The third-order valence-electron chi connectivity index (χ3n) is 3.88. The normalized spacial score (nSPS) is 9.59. The third kappa shape index (κ3) is 8.61. The predicted octanol–water partition coefficient (Wildman–Crippen LogP) is 1.62. The molecule has 2 heterocycles. The first kappa shape index (κ1) is 25.8. The highest BCUT2D eigenvalue weighted by Crippen LogP contribution is 2.16. The van der Waals surface area contributed by atoms with Gasteiger partial charge < -0.3 is 25.1 Å². The minimum Gasteiger partial charge on any atom is -0.483 e. The van der Waals surface area contributed by atoms with Crippen molar-refractivity contribution in [2.45, 2.75) is 26.9 Å². The molecule has 0 fully saturated rings. The number of rotatable bonds is 6. The van der Waals surface area contributed by atoms with E-state index in [-0.39, 0.29) is 24.4 Å². The lowest BCUT2D eigenvalue weighted by atomic mass is 10.1. The number of hydrogen-bond donors (Lipinski definition) is 4. The summed E-state index contributed by atoms with van der Waals surface area (Å²) in [6, 6.07) is 7.06. The Bertz CT molecular complexity index is 1050. The Hall–Kier alpha value is -4.28. The van der Waals surface area contributed by atoms with Crippen molar-refractivity contribution in [2.24, 2.45) is 5.92 Å². The largest absolute Gasteiger partial charge is 0.483 e. The van der Waals surface area contributed by atoms with Gasteiger partial charge in [-0.1, -0.05) is 26.0 Å². The minimum absolute atomic E-state index is 0.185. The summed E-state index contributed by atoms with van der Waals surface area (Å²) in [5.74, 6) is 0.312. The molecule has 11 nitrogen and oxygen atoms in total. The first-order chi connectivity index (χ1) is 15.4. The molecule has 11 heteroatoms. The van der Waals surface area contributed by atoms with Gasteiger partial charge in [0.15, 0.2) is 0 Å². The molecule has 3 aromatic rings. The number of amides is 1. The summed E-state index contributed by atoms with van der Waals surface area (Å²) in [4.78, 5) is 51.4. The summed E-state index contributed by atoms with van der Waals surface area (Å²) in [5.41, 5.74) is 2.49. The standard InChI is InChI=1S/C19H21N5O2.2CH2O2/c1-13(2)11-24-12-21-7-16(24)8-22-19(26)15-5-3-4-14(6-15)17-9-20-10-18(25)23-17;2*2-1-3/h3-7,9-10,12-13H,8,11H2,1-2H3,(H,22,26)(H,23,25);2*1H,(H,2,3). The molecular weight excluding hydrogens is 418 g/mol. The van der Waals surface area contributed by atoms with Crippen LogP contribution in [0.4, 0.5) is 0 Å². The molecule has 0 spiro atoms. The summed E-state index contributed by atoms with van der Waals surface area (Å²) < 4.78 is 2.04. The van der Waals surface area contributed by atoms with Gasteiger partial charge in [-0.2, -0.15) is 0 Å². The molecule has 0 aliphatic heterocycles. The van der Waals surface area contributed by atoms with E-state index in [1.807, 2.05) is 10.6 Å². The van der Waals surface area contributed by atoms with E-state index in [2.05, 4.69) is 34.1 Å². The topological polar surface area (TPSA) is 167 Å². The van der Waals surface area contributed by atoms with Crippen LogP contribution in [0.5, 0.6) is 0 Å². The Morgan fingerprint density at radius 1 is 1.16 bits per heavy atom. The summed E-state index contributed by atoms with van der Waals surface area (Å²) in [6.07, 6.45) is 6.31. The second-order valence-electron chi connectivity index (χ2n) is 6.72. The summed E-state index contributed by atoms with van der Waals surface area (Å²) in [6.45, 7) is 5.03. The second kappa shape index (κ2) is 13.9. The first-order valence-electron chi connectivity index (χ1n) is 9.43. The van der Waals surface area contributed by atoms with Gasteiger partial charge in [0, 0.05) is 23.9 Å². The van der Waals surface area contributed by atoms with Crippen molar-refractivity contribution in [3.63, 3.8) is 0 Å². The van der Waals surface area contributed by atoms with Gasteiger partial charge >= 0.3 is 0 Å². The maximum Gasteiger partial charge on any atom is 0.290 e. The molecule has 32 heavy (non-hydrogen) atoms. The Morgan fingerprint density at radius 3 is 2.47 bits per heavy atom. The Kier molecular flexibility index (Phi) is 11.2. The van der Waals surface area contributed by atoms with Crippen LogP contribution >= 0.6 is 0 Å². The van der Waals surface area contributed by atoms with Crippen molar-refractivity contribution >= 4 is 18.9 Å². The molecule has 0 aliphatic carbocycles. The first-order valence-corrected chi connectivity index (χ1v) is 9.43. The van der Waals surface area contributed by atoms with Crippen molar-refractivity contribution in [3.8, 4) is 11.3 Å². The number of H-pyrrole nitrogens is 1. The number of benzene rings is 1. The van der Waals surface area contributed by atoms with Crippen LogP contribution in [0.15, 0.2) is 54.0 Å². The Morgan fingerprint density at radius 2 is 1.84 bits per heavy atom. The molecule has 3 rings (SSSR count). The molecule has 0 bridgehead atoms. The van der Waals surface area contributed by atoms with Gasteiger partial charge in [-0.3, -0.25) is 24.2 Å². The van der Waals surface area contributed by atoms with E-state index in [1.54, 1.807) is 36.9 Å². The van der Waals surface area contributed by atoms with Gasteiger partial charge in [0.2, 0.25) is 0 Å². The van der Waals surface area contributed by atoms with Crippen LogP contribution in [0.2, 0.25) is 0 Å². The molecule has 0 atom stereocenters. The van der Waals surface area contributed by atoms with Gasteiger partial charge in [-0.05, 0) is 18.1 Å². The Labute approximate surface area is 183 Å². The van der Waals surface area contributed by atoms with Crippen LogP contribution in [0.1, 0.15) is 29.9 Å². The van der Waals surface area contributed by atoms with E-state index in [1.165, 1.54) is 6.20 Å². The lowest BCUT2D eigenvalue weighted by Crippen LogP contribution is -2.24. The van der Waals surface area contributed by atoms with Crippen LogP contribution in [0.25, 0.3) is 11.3 Å². The quantitative estimate of drug-likeness (QED) is 0.417. The number of nitrogens with zero attached hydrogens (tertiary/aromatic N) is 3. The maximum absolute atomic E-state index is 12.5. The van der Waals surface area contributed by atoms with Crippen molar-refractivity contribution in [1.29, 1.82) is 0 Å². The molecule has 170 valence electrons. The van der Waals surface area contributed by atoms with Crippen LogP contribution in [-0.4, -0.2) is 48.6 Å². The van der Waals surface area contributed by atoms with E-state index < -0.39 is 0 Å². The SMILES string of the molecule is CC(C)Cn1cncc1CNC(=O)c1cccc(-c2cncc(=O)[nH]2)c1.O=CO.O=CO. The average Bonchev–Trinajstić information content (AvgIpc) is 3.19. The molecule has 1 amide bonds. The smallest absolute Gasteiger partial charge is 0.290 e. The monoisotopic (exact) mass is 443 g/mol. The number of aromatic nitrogens is 4. The number of aromatic amines is 1. The van der Waals surface area contributed by atoms with Crippen LogP contribution in [-0.2, 0) is 22.7 Å². The minimum atomic E-state index is -0.282. The van der Waals surface area contributed by atoms with E-state index in [4.69, 9.17) is 19.8 Å². The molecular formula is C21H25N5O6. The molecule has 0 saturated heterocycles. The summed E-state index contributed by atoms with van der Waals surface area (Å²) >= 11 is 0. The zero-order valence-electron chi connectivity index (χ0n) is 17.6. The number of carbonyl (C=O) groups is 3. The van der Waals surface area contributed by atoms with E-state index >= 15 is 0 Å². The number of carboxylic acid groups (broad SMARTS) is 2. The van der Waals surface area contributed by atoms with Crippen LogP contribution in [0, 0.1) is 5.92 Å². The molecule has 0 saturated carbocycles. The number of nitrogens with one attached hydrogen (secondary N) is 2. The summed E-state index contributed by atoms with van der Waals surface area (Å²) in [7, 11) is 0. The second-order valence-corrected chi connectivity index (χ2v) is 6.72. The van der Waals surface area contributed by atoms with E-state index in [0.29, 0.717) is 23.7 Å². The fourth-order valence-electron chi connectivity index (χ4n) is 2.68. The van der Waals surface area contributed by atoms with E-state index in [9.17, 15) is 9.59 Å². The zero-order valence-corrected chi connectivity index (χ0v) is 17.6. The highest BCUT2D eigenvalue weighted by molar-refractivity contribution is 5.95. The van der Waals surface area contributed by atoms with Crippen molar-refractivity contribution < 1.29 is 24.6 Å². The highest BCUT2D eigenvalue weighted by atomic mass is 16.3. The van der Waals surface area contributed by atoms with Gasteiger partial charge in [-0.25, -0.2) is 4.98 Å². The fourth-order valence-corrected chi connectivity index (χ4v) is 2.68. The zero-order chi connectivity index (χ0) is 23.9. The van der Waals surface area contributed by atoms with E-state index in [0.717, 1.165) is 17.8 Å². The maximum atomic E-state index is 12.5. The van der Waals surface area contributed by atoms with Crippen LogP contribution in [0.3, 0.4) is 0 Å². The van der Waals surface area contributed by atoms with Gasteiger partial charge in [0.05, 0.1) is 36.7 Å². The molecule has 0 unspecified atom stereocenters. The lowest BCUT2D eigenvalue weighted by molar-refractivity contribution is -0.123. The average molecular weight is 443 g/mol. The predicted molar refractivity (Wildman–Crippen MR) is 116 cm³/mol. The van der Waals surface area contributed by atoms with Crippen molar-refractivity contribution in [2.75, 3.05) is 0 Å². The highest BCUT2D eigenvalue weighted by Gasteiger charge is 2.10. The van der Waals surface area contributed by atoms with Gasteiger partial charge in [0.1, 0.15) is 0 Å². The molecule has 0 aliphatic rings. The molecule has 2 aromatic heterocycles. The van der Waals surface area contributed by atoms with Crippen molar-refractivity contribution in [3.05, 3.63) is 70.8 Å². The summed E-state index contributed by atoms with van der Waals surface area (Å²) in [5, 5.41) is 16.7.